The van der Waals surface area contributed by atoms with E-state index in [2.05, 4.69) is 10.5 Å². The van der Waals surface area contributed by atoms with Crippen molar-refractivity contribution in [2.75, 3.05) is 26.3 Å². The predicted octanol–water partition coefficient (Wildman–Crippen LogP) is 0.910. The Hall–Kier alpha value is -1.24. The van der Waals surface area contributed by atoms with Crippen LogP contribution in [0.25, 0.3) is 0 Å². The first kappa shape index (κ1) is 11.8. The molecular formula is C12H19N3O3. The van der Waals surface area contributed by atoms with Gasteiger partial charge in [0.15, 0.2) is 5.82 Å². The summed E-state index contributed by atoms with van der Waals surface area (Å²) in [6.45, 7) is 3.34. The van der Waals surface area contributed by atoms with Crippen LogP contribution in [0.4, 0.5) is 0 Å². The van der Waals surface area contributed by atoms with Gasteiger partial charge in [-0.05, 0) is 31.4 Å². The minimum Gasteiger partial charge on any atom is -0.389 e. The van der Waals surface area contributed by atoms with E-state index >= 15 is 0 Å². The molecule has 3 rings (SSSR count). The molecule has 18 heavy (non-hydrogen) atoms. The van der Waals surface area contributed by atoms with Crippen LogP contribution in [0.5, 0.6) is 0 Å². The molecule has 0 bridgehead atoms. The van der Waals surface area contributed by atoms with Crippen molar-refractivity contribution in [3.05, 3.63) is 24.2 Å². The fourth-order valence-electron chi connectivity index (χ4n) is 2.37. The second-order valence-electron chi connectivity index (χ2n) is 4.62. The molecule has 2 fully saturated rings. The zero-order valence-electron chi connectivity index (χ0n) is 10.4. The number of nitrogens with one attached hydrogen (secondary N) is 1. The van der Waals surface area contributed by atoms with Crippen LogP contribution in [0.2, 0.25) is 0 Å². The first-order valence-corrected chi connectivity index (χ1v) is 6.52. The average Bonchev–Trinajstić information content (AvgIpc) is 2.49. The molecule has 3 aliphatic rings. The highest BCUT2D eigenvalue weighted by Crippen LogP contribution is 2.20. The quantitative estimate of drug-likeness (QED) is 0.789. The molecule has 0 radical (unpaired) electrons. The molecule has 100 valence electrons. The zero-order chi connectivity index (χ0) is 12.2. The Labute approximate surface area is 107 Å². The Kier molecular flexibility index (Phi) is 3.68. The van der Waals surface area contributed by atoms with E-state index in [9.17, 15) is 0 Å². The number of hydroxylamine groups is 5. The average molecular weight is 253 g/mol. The van der Waals surface area contributed by atoms with Crippen molar-refractivity contribution < 1.29 is 14.5 Å². The van der Waals surface area contributed by atoms with Crippen LogP contribution in [0.1, 0.15) is 19.3 Å². The molecule has 0 aromatic carbocycles. The monoisotopic (exact) mass is 253 g/mol. The van der Waals surface area contributed by atoms with Crippen molar-refractivity contribution in [1.82, 2.24) is 15.6 Å². The molecular weight excluding hydrogens is 234 g/mol. The van der Waals surface area contributed by atoms with Gasteiger partial charge in [-0.2, -0.15) is 5.06 Å². The SMILES string of the molecule is C1=CONC(N2CC(N3CCCCO3)CCO2)=C1. The second kappa shape index (κ2) is 5.60. The van der Waals surface area contributed by atoms with E-state index in [1.54, 1.807) is 6.26 Å². The molecule has 6 nitrogen and oxygen atoms in total. The van der Waals surface area contributed by atoms with Crippen molar-refractivity contribution in [1.29, 1.82) is 0 Å². The normalized spacial score (nSPS) is 29.4. The molecule has 0 spiro atoms. The lowest BCUT2D eigenvalue weighted by Crippen LogP contribution is -2.51. The molecule has 0 aliphatic carbocycles. The Morgan fingerprint density at radius 3 is 3.00 bits per heavy atom. The van der Waals surface area contributed by atoms with Gasteiger partial charge in [-0.3, -0.25) is 9.68 Å². The summed E-state index contributed by atoms with van der Waals surface area (Å²) in [4.78, 5) is 16.4. The summed E-state index contributed by atoms with van der Waals surface area (Å²) in [6.07, 6.45) is 8.75. The Morgan fingerprint density at radius 1 is 1.22 bits per heavy atom. The number of hydrogen-bond donors (Lipinski definition) is 1. The minimum atomic E-state index is 0.382. The van der Waals surface area contributed by atoms with Gasteiger partial charge in [0, 0.05) is 6.54 Å². The van der Waals surface area contributed by atoms with Crippen molar-refractivity contribution in [3.63, 3.8) is 0 Å². The highest BCUT2D eigenvalue weighted by Gasteiger charge is 2.29. The fourth-order valence-corrected chi connectivity index (χ4v) is 2.37. The standard InChI is InChI=1S/C12H19N3O3/c1-2-8-17-14(6-1)11-5-9-18-15(10-11)12-4-3-7-16-13-12/h3-4,7,11,13H,1-2,5-6,8-10H2. The summed E-state index contributed by atoms with van der Waals surface area (Å²) >= 11 is 0. The van der Waals surface area contributed by atoms with Crippen molar-refractivity contribution in [2.45, 2.75) is 25.3 Å². The maximum Gasteiger partial charge on any atom is 0.160 e. The van der Waals surface area contributed by atoms with Gasteiger partial charge in [0.25, 0.3) is 0 Å². The lowest BCUT2D eigenvalue weighted by molar-refractivity contribution is -0.255. The molecule has 1 N–H and O–H groups in total. The third-order valence-corrected chi connectivity index (χ3v) is 3.34. The molecule has 0 aromatic rings. The van der Waals surface area contributed by atoms with E-state index in [4.69, 9.17) is 14.5 Å². The van der Waals surface area contributed by atoms with Gasteiger partial charge >= 0.3 is 0 Å². The number of rotatable bonds is 2. The van der Waals surface area contributed by atoms with Gasteiger partial charge in [-0.15, -0.1) is 0 Å². The summed E-state index contributed by atoms with van der Waals surface area (Å²) in [6, 6.07) is 0.382. The van der Waals surface area contributed by atoms with Gasteiger partial charge in [0.05, 0.1) is 25.8 Å². The van der Waals surface area contributed by atoms with Gasteiger partial charge in [-0.25, -0.2) is 10.5 Å². The van der Waals surface area contributed by atoms with Gasteiger partial charge in [0.2, 0.25) is 0 Å². The van der Waals surface area contributed by atoms with Gasteiger partial charge < -0.3 is 4.84 Å². The molecule has 0 saturated carbocycles. The fraction of sp³-hybridized carbons (Fsp3) is 0.667. The van der Waals surface area contributed by atoms with Crippen LogP contribution in [0, 0.1) is 0 Å². The van der Waals surface area contributed by atoms with E-state index < -0.39 is 0 Å². The first-order valence-electron chi connectivity index (χ1n) is 6.52. The first-order chi connectivity index (χ1) is 8.93. The molecule has 1 atom stereocenters. The molecule has 6 heteroatoms. The van der Waals surface area contributed by atoms with Crippen LogP contribution in [0.15, 0.2) is 24.2 Å². The van der Waals surface area contributed by atoms with Crippen LogP contribution < -0.4 is 5.48 Å². The van der Waals surface area contributed by atoms with Crippen LogP contribution in [-0.4, -0.2) is 42.5 Å². The van der Waals surface area contributed by atoms with E-state index in [1.165, 1.54) is 6.42 Å². The summed E-state index contributed by atoms with van der Waals surface area (Å²) in [5.41, 5.74) is 2.83. The second-order valence-corrected chi connectivity index (χ2v) is 4.62. The van der Waals surface area contributed by atoms with E-state index in [-0.39, 0.29) is 0 Å². The maximum atomic E-state index is 5.72. The summed E-state index contributed by atoms with van der Waals surface area (Å²) in [5, 5.41) is 3.95. The lowest BCUT2D eigenvalue weighted by atomic mass is 10.1. The Balaban J connectivity index is 1.60. The molecule has 1 unspecified atom stereocenters. The molecule has 0 amide bonds. The van der Waals surface area contributed by atoms with Crippen LogP contribution in [0.3, 0.4) is 0 Å². The Morgan fingerprint density at radius 2 is 2.22 bits per heavy atom. The highest BCUT2D eigenvalue weighted by molar-refractivity contribution is 5.10. The lowest BCUT2D eigenvalue weighted by Gasteiger charge is -2.40. The Bertz CT molecular complexity index is 339. The van der Waals surface area contributed by atoms with Crippen molar-refractivity contribution in [3.8, 4) is 0 Å². The predicted molar refractivity (Wildman–Crippen MR) is 64.4 cm³/mol. The zero-order valence-corrected chi connectivity index (χ0v) is 10.4. The molecule has 0 aromatic heterocycles. The molecule has 3 heterocycles. The highest BCUT2D eigenvalue weighted by atomic mass is 16.7. The maximum absolute atomic E-state index is 5.72. The third kappa shape index (κ3) is 2.60. The summed E-state index contributed by atoms with van der Waals surface area (Å²) < 4.78 is 0. The van der Waals surface area contributed by atoms with Crippen molar-refractivity contribution in [2.24, 2.45) is 0 Å². The molecule has 3 aliphatic heterocycles. The van der Waals surface area contributed by atoms with Gasteiger partial charge in [-0.1, -0.05) is 0 Å². The largest absolute Gasteiger partial charge is 0.389 e. The third-order valence-electron chi connectivity index (χ3n) is 3.34. The summed E-state index contributed by atoms with van der Waals surface area (Å²) in [5.74, 6) is 0.833. The van der Waals surface area contributed by atoms with E-state index in [0.29, 0.717) is 12.6 Å². The van der Waals surface area contributed by atoms with Crippen LogP contribution >= 0.6 is 0 Å². The number of nitrogens with zero attached hydrogens (tertiary/aromatic N) is 2. The minimum absolute atomic E-state index is 0.382. The number of hydrogen-bond acceptors (Lipinski definition) is 6. The number of allylic oxidation sites excluding steroid dienone is 2. The smallest absolute Gasteiger partial charge is 0.160 e. The van der Waals surface area contributed by atoms with Crippen molar-refractivity contribution >= 4 is 0 Å². The van der Waals surface area contributed by atoms with Gasteiger partial charge in [0.1, 0.15) is 6.26 Å². The summed E-state index contributed by atoms with van der Waals surface area (Å²) in [7, 11) is 0. The molecule has 2 saturated heterocycles. The topological polar surface area (TPSA) is 46.2 Å². The van der Waals surface area contributed by atoms with Crippen LogP contribution in [-0.2, 0) is 14.5 Å². The van der Waals surface area contributed by atoms with E-state index in [0.717, 1.165) is 38.4 Å². The van der Waals surface area contributed by atoms with E-state index in [1.807, 2.05) is 17.2 Å².